The standard InChI is InChI=1S/C17H24N2O3.ClH/c1-21-8-9-22-14-6-4-13(5-7-14)19-17(20)15-11-2-3-12(10-11)16(15)18;/h4-7,11-12,15-16H,2-3,8-10,18H2,1H3,(H,19,20);1H. The second-order valence-corrected chi connectivity index (χ2v) is 6.29. The zero-order valence-corrected chi connectivity index (χ0v) is 14.2. The van der Waals surface area contributed by atoms with Crippen molar-refractivity contribution in [3.8, 4) is 5.75 Å². The van der Waals surface area contributed by atoms with Crippen LogP contribution in [-0.4, -0.2) is 32.3 Å². The lowest BCUT2D eigenvalue weighted by Gasteiger charge is -2.27. The molecule has 0 aromatic heterocycles. The van der Waals surface area contributed by atoms with Gasteiger partial charge in [-0.1, -0.05) is 0 Å². The number of anilines is 1. The zero-order chi connectivity index (χ0) is 15.5. The maximum atomic E-state index is 12.5. The molecule has 0 aliphatic heterocycles. The van der Waals surface area contributed by atoms with Crippen LogP contribution >= 0.6 is 12.4 Å². The van der Waals surface area contributed by atoms with Gasteiger partial charge in [0.2, 0.25) is 5.91 Å². The van der Waals surface area contributed by atoms with Gasteiger partial charge in [0.15, 0.2) is 0 Å². The number of benzene rings is 1. The number of rotatable bonds is 6. The molecular weight excluding hydrogens is 316 g/mol. The average molecular weight is 341 g/mol. The van der Waals surface area contributed by atoms with E-state index in [1.165, 1.54) is 6.42 Å². The van der Waals surface area contributed by atoms with Crippen LogP contribution in [0.1, 0.15) is 19.3 Å². The zero-order valence-electron chi connectivity index (χ0n) is 13.4. The summed E-state index contributed by atoms with van der Waals surface area (Å²) in [7, 11) is 1.64. The summed E-state index contributed by atoms with van der Waals surface area (Å²) in [6.45, 7) is 1.07. The molecule has 128 valence electrons. The summed E-state index contributed by atoms with van der Waals surface area (Å²) in [4.78, 5) is 12.5. The van der Waals surface area contributed by atoms with Gasteiger partial charge in [-0.2, -0.15) is 0 Å². The van der Waals surface area contributed by atoms with Crippen LogP contribution in [0.15, 0.2) is 24.3 Å². The third-order valence-corrected chi connectivity index (χ3v) is 4.96. The quantitative estimate of drug-likeness (QED) is 0.780. The summed E-state index contributed by atoms with van der Waals surface area (Å²) in [5.74, 6) is 1.81. The van der Waals surface area contributed by atoms with E-state index in [9.17, 15) is 4.79 Å². The normalized spacial score (nSPS) is 28.3. The molecule has 2 saturated carbocycles. The van der Waals surface area contributed by atoms with E-state index >= 15 is 0 Å². The Morgan fingerprint density at radius 2 is 1.91 bits per heavy atom. The lowest BCUT2D eigenvalue weighted by atomic mass is 9.84. The van der Waals surface area contributed by atoms with E-state index < -0.39 is 0 Å². The molecule has 23 heavy (non-hydrogen) atoms. The molecule has 5 nitrogen and oxygen atoms in total. The van der Waals surface area contributed by atoms with Crippen molar-refractivity contribution in [2.24, 2.45) is 23.5 Å². The van der Waals surface area contributed by atoms with E-state index in [1.807, 2.05) is 24.3 Å². The number of halogens is 1. The van der Waals surface area contributed by atoms with Crippen molar-refractivity contribution < 1.29 is 14.3 Å². The Morgan fingerprint density at radius 3 is 2.52 bits per heavy atom. The maximum Gasteiger partial charge on any atom is 0.229 e. The van der Waals surface area contributed by atoms with E-state index in [0.717, 1.165) is 24.3 Å². The monoisotopic (exact) mass is 340 g/mol. The van der Waals surface area contributed by atoms with Gasteiger partial charge in [0.25, 0.3) is 0 Å². The first-order chi connectivity index (χ1) is 10.7. The Balaban J connectivity index is 0.00000192. The molecule has 3 rings (SSSR count). The highest BCUT2D eigenvalue weighted by atomic mass is 35.5. The van der Waals surface area contributed by atoms with E-state index in [-0.39, 0.29) is 30.3 Å². The molecule has 0 spiro atoms. The number of hydrogen-bond donors (Lipinski definition) is 2. The van der Waals surface area contributed by atoms with Crippen LogP contribution in [0.5, 0.6) is 5.75 Å². The first-order valence-electron chi connectivity index (χ1n) is 7.97. The summed E-state index contributed by atoms with van der Waals surface area (Å²) in [5, 5.41) is 2.99. The van der Waals surface area contributed by atoms with Gasteiger partial charge in [0, 0.05) is 18.8 Å². The topological polar surface area (TPSA) is 73.6 Å². The van der Waals surface area contributed by atoms with Crippen LogP contribution in [0.4, 0.5) is 5.69 Å². The molecule has 2 aliphatic rings. The SMILES string of the molecule is COCCOc1ccc(NC(=O)C2C3CCC(C3)C2N)cc1.Cl. The number of ether oxygens (including phenoxy) is 2. The summed E-state index contributed by atoms with van der Waals surface area (Å²) in [6.07, 6.45) is 3.44. The minimum absolute atomic E-state index is 0. The second-order valence-electron chi connectivity index (χ2n) is 6.29. The van der Waals surface area contributed by atoms with Gasteiger partial charge in [-0.05, 0) is 55.4 Å². The van der Waals surface area contributed by atoms with Crippen molar-refractivity contribution in [2.75, 3.05) is 25.6 Å². The van der Waals surface area contributed by atoms with Crippen molar-refractivity contribution in [3.05, 3.63) is 24.3 Å². The lowest BCUT2D eigenvalue weighted by Crippen LogP contribution is -2.42. The van der Waals surface area contributed by atoms with Gasteiger partial charge in [0.1, 0.15) is 12.4 Å². The summed E-state index contributed by atoms with van der Waals surface area (Å²) in [6, 6.07) is 7.45. The van der Waals surface area contributed by atoms with Crippen molar-refractivity contribution in [3.63, 3.8) is 0 Å². The number of amides is 1. The molecule has 1 amide bonds. The van der Waals surface area contributed by atoms with Crippen LogP contribution < -0.4 is 15.8 Å². The minimum Gasteiger partial charge on any atom is -0.491 e. The summed E-state index contributed by atoms with van der Waals surface area (Å²) >= 11 is 0. The van der Waals surface area contributed by atoms with Crippen LogP contribution in [0.2, 0.25) is 0 Å². The molecule has 1 aromatic rings. The van der Waals surface area contributed by atoms with E-state index in [4.69, 9.17) is 15.2 Å². The van der Waals surface area contributed by atoms with Gasteiger partial charge in [-0.15, -0.1) is 12.4 Å². The fourth-order valence-electron chi connectivity index (χ4n) is 3.83. The van der Waals surface area contributed by atoms with Gasteiger partial charge in [-0.25, -0.2) is 0 Å². The number of carbonyl (C=O) groups excluding carboxylic acids is 1. The van der Waals surface area contributed by atoms with Crippen molar-refractivity contribution >= 4 is 24.0 Å². The number of nitrogens with two attached hydrogens (primary N) is 1. The largest absolute Gasteiger partial charge is 0.491 e. The van der Waals surface area contributed by atoms with Crippen LogP contribution in [-0.2, 0) is 9.53 Å². The van der Waals surface area contributed by atoms with Crippen LogP contribution in [0.3, 0.4) is 0 Å². The molecule has 2 bridgehead atoms. The fraction of sp³-hybridized carbons (Fsp3) is 0.588. The van der Waals surface area contributed by atoms with Gasteiger partial charge < -0.3 is 20.5 Å². The van der Waals surface area contributed by atoms with Crippen LogP contribution in [0.25, 0.3) is 0 Å². The molecule has 4 unspecified atom stereocenters. The Labute approximate surface area is 143 Å². The molecule has 0 saturated heterocycles. The maximum absolute atomic E-state index is 12.5. The molecule has 0 heterocycles. The van der Waals surface area contributed by atoms with Gasteiger partial charge in [0.05, 0.1) is 12.5 Å². The first kappa shape index (κ1) is 18.0. The average Bonchev–Trinajstić information content (AvgIpc) is 3.10. The highest BCUT2D eigenvalue weighted by molar-refractivity contribution is 5.93. The Hall–Kier alpha value is -1.30. The predicted octanol–water partition coefficient (Wildman–Crippen LogP) is 2.45. The van der Waals surface area contributed by atoms with Crippen molar-refractivity contribution in [2.45, 2.75) is 25.3 Å². The summed E-state index contributed by atoms with van der Waals surface area (Å²) < 4.78 is 10.4. The van der Waals surface area contributed by atoms with Gasteiger partial charge in [-0.3, -0.25) is 4.79 Å². The molecule has 6 heteroatoms. The van der Waals surface area contributed by atoms with E-state index in [1.54, 1.807) is 7.11 Å². The number of nitrogens with one attached hydrogen (secondary N) is 1. The highest BCUT2D eigenvalue weighted by Crippen LogP contribution is 2.47. The Kier molecular flexibility index (Phi) is 6.27. The number of methoxy groups -OCH3 is 1. The first-order valence-corrected chi connectivity index (χ1v) is 7.97. The summed E-state index contributed by atoms with van der Waals surface area (Å²) in [5.41, 5.74) is 7.01. The lowest BCUT2D eigenvalue weighted by molar-refractivity contribution is -0.121. The Morgan fingerprint density at radius 1 is 1.22 bits per heavy atom. The number of carbonyl (C=O) groups is 1. The number of fused-ring (bicyclic) bond motifs is 2. The molecule has 2 fully saturated rings. The van der Waals surface area contributed by atoms with Crippen LogP contribution in [0, 0.1) is 17.8 Å². The van der Waals surface area contributed by atoms with Gasteiger partial charge >= 0.3 is 0 Å². The molecule has 1 aromatic carbocycles. The third-order valence-electron chi connectivity index (χ3n) is 4.96. The van der Waals surface area contributed by atoms with Crippen molar-refractivity contribution in [1.29, 1.82) is 0 Å². The predicted molar refractivity (Wildman–Crippen MR) is 92.0 cm³/mol. The molecule has 4 atom stereocenters. The third kappa shape index (κ3) is 3.97. The highest BCUT2D eigenvalue weighted by Gasteiger charge is 2.49. The Bertz CT molecular complexity index is 521. The fourth-order valence-corrected chi connectivity index (χ4v) is 3.83. The molecule has 2 aliphatic carbocycles. The molecular formula is C17H25ClN2O3. The molecule has 0 radical (unpaired) electrons. The van der Waals surface area contributed by atoms with E-state index in [2.05, 4.69) is 5.32 Å². The van der Waals surface area contributed by atoms with Crippen molar-refractivity contribution in [1.82, 2.24) is 0 Å². The van der Waals surface area contributed by atoms with E-state index in [0.29, 0.717) is 25.0 Å². The smallest absolute Gasteiger partial charge is 0.229 e. The minimum atomic E-state index is -0.0311. The molecule has 3 N–H and O–H groups in total. The second kappa shape index (κ2) is 7.99. The number of hydrogen-bond acceptors (Lipinski definition) is 4.